The maximum absolute atomic E-state index is 12.6. The highest BCUT2D eigenvalue weighted by atomic mass is 16.5. The van der Waals surface area contributed by atoms with E-state index in [0.717, 1.165) is 16.3 Å². The van der Waals surface area contributed by atoms with Crippen molar-refractivity contribution in [1.29, 1.82) is 0 Å². The SMILES string of the molecule is CC(=O)c1c2c(c3oc(=O)cc(C)c3c1O)[C@@H](c1cccc3ccccc13)CC(=O)O2. The van der Waals surface area contributed by atoms with Crippen LogP contribution >= 0.6 is 0 Å². The zero-order valence-electron chi connectivity index (χ0n) is 16.9. The first kappa shape index (κ1) is 19.1. The fourth-order valence-corrected chi connectivity index (χ4v) is 4.56. The van der Waals surface area contributed by atoms with Crippen molar-refractivity contribution >= 4 is 33.5 Å². The minimum Gasteiger partial charge on any atom is -0.506 e. The van der Waals surface area contributed by atoms with Gasteiger partial charge in [-0.1, -0.05) is 42.5 Å². The molecule has 0 unspecified atom stereocenters. The summed E-state index contributed by atoms with van der Waals surface area (Å²) in [5.74, 6) is -1.89. The van der Waals surface area contributed by atoms with E-state index in [-0.39, 0.29) is 34.5 Å². The second-order valence-electron chi connectivity index (χ2n) is 7.77. The number of rotatable bonds is 2. The van der Waals surface area contributed by atoms with Crippen LogP contribution in [-0.4, -0.2) is 16.9 Å². The molecule has 1 aliphatic heterocycles. The van der Waals surface area contributed by atoms with Crippen LogP contribution in [0.3, 0.4) is 0 Å². The first-order chi connectivity index (χ1) is 14.9. The minimum atomic E-state index is -0.587. The number of ether oxygens (including phenoxy) is 1. The second-order valence-corrected chi connectivity index (χ2v) is 7.77. The van der Waals surface area contributed by atoms with Gasteiger partial charge in [-0.3, -0.25) is 9.59 Å². The summed E-state index contributed by atoms with van der Waals surface area (Å²) in [7, 11) is 0. The molecule has 3 aromatic carbocycles. The molecule has 0 amide bonds. The third kappa shape index (κ3) is 2.83. The van der Waals surface area contributed by atoms with Gasteiger partial charge >= 0.3 is 11.6 Å². The molecule has 4 aromatic rings. The van der Waals surface area contributed by atoms with Gasteiger partial charge in [0.05, 0.1) is 11.8 Å². The van der Waals surface area contributed by atoms with Gasteiger partial charge < -0.3 is 14.3 Å². The van der Waals surface area contributed by atoms with E-state index >= 15 is 0 Å². The van der Waals surface area contributed by atoms with Crippen LogP contribution in [0.15, 0.2) is 57.7 Å². The number of Topliss-reactive ketones (excluding diaryl/α,β-unsaturated/α-hetero) is 1. The van der Waals surface area contributed by atoms with E-state index in [1.165, 1.54) is 13.0 Å². The normalized spacial score (nSPS) is 15.7. The highest BCUT2D eigenvalue weighted by molar-refractivity contribution is 6.09. The Morgan fingerprint density at radius 3 is 2.61 bits per heavy atom. The average Bonchev–Trinajstić information content (AvgIpc) is 2.71. The molecule has 0 aliphatic carbocycles. The van der Waals surface area contributed by atoms with Crippen molar-refractivity contribution in [2.45, 2.75) is 26.2 Å². The molecule has 2 heterocycles. The third-order valence-corrected chi connectivity index (χ3v) is 5.83. The Labute approximate surface area is 176 Å². The number of benzene rings is 3. The first-order valence-corrected chi connectivity index (χ1v) is 9.89. The van der Waals surface area contributed by atoms with E-state index in [0.29, 0.717) is 11.1 Å². The Morgan fingerprint density at radius 2 is 1.84 bits per heavy atom. The van der Waals surface area contributed by atoms with Crippen molar-refractivity contribution in [2.24, 2.45) is 0 Å². The van der Waals surface area contributed by atoms with Crippen LogP contribution in [0.25, 0.3) is 21.7 Å². The number of aromatic hydroxyl groups is 1. The number of carbonyl (C=O) groups is 2. The van der Waals surface area contributed by atoms with Crippen LogP contribution < -0.4 is 10.4 Å². The van der Waals surface area contributed by atoms with Crippen molar-refractivity contribution in [3.63, 3.8) is 0 Å². The summed E-state index contributed by atoms with van der Waals surface area (Å²) in [6.07, 6.45) is 0.00980. The first-order valence-electron chi connectivity index (χ1n) is 9.89. The number of carbonyl (C=O) groups excluding carboxylic acids is 2. The number of esters is 1. The summed E-state index contributed by atoms with van der Waals surface area (Å²) in [6, 6.07) is 14.8. The van der Waals surface area contributed by atoms with Gasteiger partial charge in [-0.2, -0.15) is 0 Å². The number of hydrogen-bond donors (Lipinski definition) is 1. The maximum atomic E-state index is 12.6. The van der Waals surface area contributed by atoms with Crippen molar-refractivity contribution in [1.82, 2.24) is 0 Å². The standard InChI is InChI=1S/C25H18O6/c1-12-10-18(27)30-24-20(12)23(29)21(13(2)26)25-22(24)17(11-19(28)31-25)16-9-5-7-14-6-3-4-8-15(14)16/h3-10,17,29H,11H2,1-2H3/t17-/m1/s1. The second kappa shape index (κ2) is 6.80. The van der Waals surface area contributed by atoms with Gasteiger partial charge in [0.25, 0.3) is 0 Å². The molecule has 5 rings (SSSR count). The molecule has 0 saturated carbocycles. The molecule has 154 valence electrons. The Bertz CT molecular complexity index is 1470. The molecule has 6 nitrogen and oxygen atoms in total. The number of ketones is 1. The van der Waals surface area contributed by atoms with Gasteiger partial charge in [0.15, 0.2) is 11.5 Å². The zero-order valence-corrected chi connectivity index (χ0v) is 16.9. The lowest BCUT2D eigenvalue weighted by Crippen LogP contribution is -2.24. The Hall–Kier alpha value is -3.93. The van der Waals surface area contributed by atoms with E-state index in [4.69, 9.17) is 9.15 Å². The highest BCUT2D eigenvalue weighted by Crippen LogP contribution is 2.50. The van der Waals surface area contributed by atoms with Gasteiger partial charge in [0.2, 0.25) is 0 Å². The number of hydrogen-bond acceptors (Lipinski definition) is 6. The molecule has 0 saturated heterocycles. The molecule has 1 aromatic heterocycles. The Morgan fingerprint density at radius 1 is 1.10 bits per heavy atom. The van der Waals surface area contributed by atoms with Gasteiger partial charge in [0.1, 0.15) is 16.9 Å². The monoisotopic (exact) mass is 414 g/mol. The maximum Gasteiger partial charge on any atom is 0.336 e. The highest BCUT2D eigenvalue weighted by Gasteiger charge is 2.37. The lowest BCUT2D eigenvalue weighted by molar-refractivity contribution is -0.135. The summed E-state index contributed by atoms with van der Waals surface area (Å²) in [5, 5.41) is 13.1. The van der Waals surface area contributed by atoms with E-state index < -0.39 is 23.3 Å². The van der Waals surface area contributed by atoms with Gasteiger partial charge in [-0.05, 0) is 35.7 Å². The summed E-state index contributed by atoms with van der Waals surface area (Å²) in [6.45, 7) is 2.96. The molecule has 0 fully saturated rings. The molecule has 6 heteroatoms. The molecule has 0 spiro atoms. The van der Waals surface area contributed by atoms with Crippen LogP contribution in [0, 0.1) is 6.92 Å². The van der Waals surface area contributed by atoms with Crippen LogP contribution in [-0.2, 0) is 4.79 Å². The predicted molar refractivity (Wildman–Crippen MR) is 115 cm³/mol. The van der Waals surface area contributed by atoms with Crippen molar-refractivity contribution in [3.8, 4) is 11.5 Å². The quantitative estimate of drug-likeness (QED) is 0.223. The zero-order chi connectivity index (χ0) is 21.9. The lowest BCUT2D eigenvalue weighted by atomic mass is 9.81. The average molecular weight is 414 g/mol. The Balaban J connectivity index is 1.97. The van der Waals surface area contributed by atoms with Crippen LogP contribution in [0.4, 0.5) is 0 Å². The van der Waals surface area contributed by atoms with Crippen molar-refractivity contribution in [3.05, 3.63) is 81.2 Å². The topological polar surface area (TPSA) is 93.8 Å². The minimum absolute atomic E-state index is 0.00980. The smallest absolute Gasteiger partial charge is 0.336 e. The largest absolute Gasteiger partial charge is 0.506 e. The van der Waals surface area contributed by atoms with Crippen LogP contribution in [0.5, 0.6) is 11.5 Å². The fraction of sp³-hybridized carbons (Fsp3) is 0.160. The van der Waals surface area contributed by atoms with Gasteiger partial charge in [-0.25, -0.2) is 4.79 Å². The molecular formula is C25H18O6. The number of phenolic OH excluding ortho intramolecular Hbond substituents is 1. The molecule has 1 N–H and O–H groups in total. The summed E-state index contributed by atoms with van der Waals surface area (Å²) < 4.78 is 11.0. The summed E-state index contributed by atoms with van der Waals surface area (Å²) in [4.78, 5) is 37.3. The summed E-state index contributed by atoms with van der Waals surface area (Å²) >= 11 is 0. The van der Waals surface area contributed by atoms with Crippen molar-refractivity contribution in [2.75, 3.05) is 0 Å². The van der Waals surface area contributed by atoms with Crippen LogP contribution in [0.1, 0.15) is 46.3 Å². The van der Waals surface area contributed by atoms with Gasteiger partial charge in [0, 0.05) is 17.5 Å². The Kier molecular flexibility index (Phi) is 4.18. The van der Waals surface area contributed by atoms with E-state index in [1.54, 1.807) is 6.92 Å². The number of phenols is 1. The van der Waals surface area contributed by atoms with E-state index in [9.17, 15) is 19.5 Å². The van der Waals surface area contributed by atoms with E-state index in [2.05, 4.69) is 0 Å². The molecule has 31 heavy (non-hydrogen) atoms. The fourth-order valence-electron chi connectivity index (χ4n) is 4.56. The third-order valence-electron chi connectivity index (χ3n) is 5.83. The molecule has 0 bridgehead atoms. The number of fused-ring (bicyclic) bond motifs is 4. The molecule has 1 atom stereocenters. The summed E-state index contributed by atoms with van der Waals surface area (Å²) in [5.41, 5.74) is 1.21. The van der Waals surface area contributed by atoms with Crippen LogP contribution in [0.2, 0.25) is 0 Å². The number of aryl methyl sites for hydroxylation is 1. The van der Waals surface area contributed by atoms with Gasteiger partial charge in [-0.15, -0.1) is 0 Å². The van der Waals surface area contributed by atoms with Crippen molar-refractivity contribution < 1.29 is 23.8 Å². The lowest BCUT2D eigenvalue weighted by Gasteiger charge is -2.28. The molecule has 0 radical (unpaired) electrons. The predicted octanol–water partition coefficient (Wildman–Crippen LogP) is 4.60. The van der Waals surface area contributed by atoms with E-state index in [1.807, 2.05) is 42.5 Å². The molecular weight excluding hydrogens is 396 g/mol. The molecule has 1 aliphatic rings.